The molecule has 2 aromatic rings. The Kier molecular flexibility index (Phi) is 5.44. The van der Waals surface area contributed by atoms with Gasteiger partial charge in [-0.05, 0) is 24.7 Å². The van der Waals surface area contributed by atoms with Crippen molar-refractivity contribution < 1.29 is 4.92 Å². The molecule has 0 unspecified atom stereocenters. The molecule has 1 aliphatic rings. The van der Waals surface area contributed by atoms with Crippen LogP contribution in [0.4, 0.5) is 23.0 Å². The van der Waals surface area contributed by atoms with Crippen molar-refractivity contribution in [2.24, 2.45) is 0 Å². The van der Waals surface area contributed by atoms with E-state index in [1.807, 2.05) is 29.2 Å². The van der Waals surface area contributed by atoms with Crippen LogP contribution in [-0.2, 0) is 0 Å². The zero-order valence-corrected chi connectivity index (χ0v) is 15.4. The maximum Gasteiger partial charge on any atom is 0.353 e. The minimum Gasteiger partial charge on any atom is -0.348 e. The van der Waals surface area contributed by atoms with Crippen LogP contribution in [0, 0.1) is 10.1 Å². The predicted octanol–water partition coefficient (Wildman–Crippen LogP) is 3.03. The maximum absolute atomic E-state index is 11.7. The van der Waals surface area contributed by atoms with Gasteiger partial charge in [0, 0.05) is 36.3 Å². The first-order chi connectivity index (χ1) is 12.1. The van der Waals surface area contributed by atoms with Gasteiger partial charge in [-0.25, -0.2) is 9.97 Å². The highest BCUT2D eigenvalue weighted by atomic mass is 79.9. The SMILES string of the molecule is CCN1CCN(c2ncnc(Nc3cccc(Br)c3)c2[N+](=O)[O-])CC1. The molecule has 1 fully saturated rings. The van der Waals surface area contributed by atoms with E-state index in [-0.39, 0.29) is 11.5 Å². The summed E-state index contributed by atoms with van der Waals surface area (Å²) in [5.41, 5.74) is 0.630. The van der Waals surface area contributed by atoms with E-state index in [9.17, 15) is 10.1 Å². The van der Waals surface area contributed by atoms with E-state index in [0.29, 0.717) is 18.9 Å². The number of aromatic nitrogens is 2. The summed E-state index contributed by atoms with van der Waals surface area (Å²) in [6.07, 6.45) is 1.37. The molecule has 3 rings (SSSR count). The predicted molar refractivity (Wildman–Crippen MR) is 100 cm³/mol. The molecule has 25 heavy (non-hydrogen) atoms. The third-order valence-electron chi connectivity index (χ3n) is 4.19. The fraction of sp³-hybridized carbons (Fsp3) is 0.375. The van der Waals surface area contributed by atoms with Gasteiger partial charge in [-0.1, -0.05) is 28.9 Å². The number of nitro groups is 1. The van der Waals surface area contributed by atoms with Gasteiger partial charge in [-0.2, -0.15) is 0 Å². The molecule has 0 spiro atoms. The average molecular weight is 407 g/mol. The Bertz CT molecular complexity index is 764. The zero-order chi connectivity index (χ0) is 17.8. The molecule has 0 aliphatic carbocycles. The van der Waals surface area contributed by atoms with Gasteiger partial charge in [0.1, 0.15) is 6.33 Å². The Hall–Kier alpha value is -2.26. The molecule has 0 radical (unpaired) electrons. The van der Waals surface area contributed by atoms with Crippen LogP contribution < -0.4 is 10.2 Å². The quantitative estimate of drug-likeness (QED) is 0.602. The molecule has 1 aromatic carbocycles. The number of anilines is 3. The van der Waals surface area contributed by atoms with Gasteiger partial charge in [0.05, 0.1) is 4.92 Å². The number of likely N-dealkylation sites (N-methyl/N-ethyl adjacent to an activating group) is 1. The zero-order valence-electron chi connectivity index (χ0n) is 13.9. The van der Waals surface area contributed by atoms with Crippen LogP contribution in [0.2, 0.25) is 0 Å². The molecule has 1 aromatic heterocycles. The Morgan fingerprint density at radius 1 is 1.28 bits per heavy atom. The molecular weight excluding hydrogens is 388 g/mol. The largest absolute Gasteiger partial charge is 0.353 e. The lowest BCUT2D eigenvalue weighted by Crippen LogP contribution is -2.46. The number of nitrogens with one attached hydrogen (secondary N) is 1. The third kappa shape index (κ3) is 4.05. The molecule has 8 nitrogen and oxygen atoms in total. The van der Waals surface area contributed by atoms with Gasteiger partial charge in [-0.3, -0.25) is 10.1 Å². The van der Waals surface area contributed by atoms with Crippen molar-refractivity contribution in [2.75, 3.05) is 42.9 Å². The molecular formula is C16H19BrN6O2. The van der Waals surface area contributed by atoms with E-state index in [0.717, 1.165) is 29.8 Å². The van der Waals surface area contributed by atoms with E-state index in [1.165, 1.54) is 6.33 Å². The number of nitrogens with zero attached hydrogens (tertiary/aromatic N) is 5. The molecule has 0 bridgehead atoms. The van der Waals surface area contributed by atoms with Crippen LogP contribution >= 0.6 is 15.9 Å². The smallest absolute Gasteiger partial charge is 0.348 e. The van der Waals surface area contributed by atoms with Crippen molar-refractivity contribution in [3.63, 3.8) is 0 Å². The van der Waals surface area contributed by atoms with E-state index in [4.69, 9.17) is 0 Å². The van der Waals surface area contributed by atoms with Crippen LogP contribution in [0.1, 0.15) is 6.92 Å². The number of benzene rings is 1. The first kappa shape index (κ1) is 17.6. The molecule has 1 saturated heterocycles. The summed E-state index contributed by atoms with van der Waals surface area (Å²) < 4.78 is 0.880. The van der Waals surface area contributed by atoms with Crippen LogP contribution in [0.25, 0.3) is 0 Å². The Balaban J connectivity index is 1.91. The third-order valence-corrected chi connectivity index (χ3v) is 4.69. The van der Waals surface area contributed by atoms with Crippen LogP contribution in [0.15, 0.2) is 35.1 Å². The molecule has 0 amide bonds. The number of rotatable bonds is 5. The number of halogens is 1. The van der Waals surface area contributed by atoms with E-state index < -0.39 is 4.92 Å². The Morgan fingerprint density at radius 2 is 2.04 bits per heavy atom. The van der Waals surface area contributed by atoms with Crippen molar-refractivity contribution in [1.82, 2.24) is 14.9 Å². The van der Waals surface area contributed by atoms with Gasteiger partial charge in [0.15, 0.2) is 0 Å². The topological polar surface area (TPSA) is 87.4 Å². The molecule has 0 atom stereocenters. The summed E-state index contributed by atoms with van der Waals surface area (Å²) >= 11 is 3.39. The minimum atomic E-state index is -0.415. The second-order valence-corrected chi connectivity index (χ2v) is 6.62. The fourth-order valence-electron chi connectivity index (χ4n) is 2.84. The highest BCUT2D eigenvalue weighted by Gasteiger charge is 2.29. The molecule has 0 saturated carbocycles. The average Bonchev–Trinajstić information content (AvgIpc) is 2.61. The molecule has 1 N–H and O–H groups in total. The lowest BCUT2D eigenvalue weighted by atomic mass is 10.2. The molecule has 132 valence electrons. The standard InChI is InChI=1S/C16H19BrN6O2/c1-2-21-6-8-22(9-7-21)16-14(23(24)25)15(18-11-19-16)20-13-5-3-4-12(17)10-13/h3-5,10-11H,2,6-9H2,1H3,(H,18,19,20). The molecule has 9 heteroatoms. The Morgan fingerprint density at radius 3 is 2.68 bits per heavy atom. The van der Waals surface area contributed by atoms with Gasteiger partial charge in [0.25, 0.3) is 0 Å². The lowest BCUT2D eigenvalue weighted by Gasteiger charge is -2.34. The lowest BCUT2D eigenvalue weighted by molar-refractivity contribution is -0.383. The van der Waals surface area contributed by atoms with Gasteiger partial charge in [0.2, 0.25) is 11.6 Å². The van der Waals surface area contributed by atoms with Crippen LogP contribution in [0.5, 0.6) is 0 Å². The van der Waals surface area contributed by atoms with Crippen molar-refractivity contribution in [2.45, 2.75) is 6.92 Å². The minimum absolute atomic E-state index is 0.0903. The van der Waals surface area contributed by atoms with Crippen molar-refractivity contribution in [3.05, 3.63) is 45.2 Å². The summed E-state index contributed by atoms with van der Waals surface area (Å²) in [5, 5.41) is 14.7. The summed E-state index contributed by atoms with van der Waals surface area (Å²) in [6, 6.07) is 7.41. The molecule has 2 heterocycles. The molecule has 1 aliphatic heterocycles. The first-order valence-electron chi connectivity index (χ1n) is 8.07. The van der Waals surface area contributed by atoms with Crippen LogP contribution in [0.3, 0.4) is 0 Å². The highest BCUT2D eigenvalue weighted by molar-refractivity contribution is 9.10. The summed E-state index contributed by atoms with van der Waals surface area (Å²) in [4.78, 5) is 23.8. The van der Waals surface area contributed by atoms with E-state index in [2.05, 4.69) is 43.0 Å². The van der Waals surface area contributed by atoms with E-state index >= 15 is 0 Å². The van der Waals surface area contributed by atoms with Crippen molar-refractivity contribution >= 4 is 38.9 Å². The second-order valence-electron chi connectivity index (χ2n) is 5.71. The summed E-state index contributed by atoms with van der Waals surface area (Å²) in [6.45, 7) is 6.25. The maximum atomic E-state index is 11.7. The van der Waals surface area contributed by atoms with Crippen LogP contribution in [-0.4, -0.2) is 52.5 Å². The van der Waals surface area contributed by atoms with Gasteiger partial charge < -0.3 is 15.1 Å². The summed E-state index contributed by atoms with van der Waals surface area (Å²) in [5.74, 6) is 0.569. The normalized spacial score (nSPS) is 15.2. The number of piperazine rings is 1. The first-order valence-corrected chi connectivity index (χ1v) is 8.87. The fourth-order valence-corrected chi connectivity index (χ4v) is 3.24. The number of hydrogen-bond acceptors (Lipinski definition) is 7. The Labute approximate surface area is 154 Å². The van der Waals surface area contributed by atoms with Crippen molar-refractivity contribution in [1.29, 1.82) is 0 Å². The monoisotopic (exact) mass is 406 g/mol. The highest BCUT2D eigenvalue weighted by Crippen LogP contribution is 2.34. The van der Waals surface area contributed by atoms with Crippen molar-refractivity contribution in [3.8, 4) is 0 Å². The van der Waals surface area contributed by atoms with Gasteiger partial charge in [-0.15, -0.1) is 0 Å². The number of hydrogen-bond donors (Lipinski definition) is 1. The van der Waals surface area contributed by atoms with Gasteiger partial charge >= 0.3 is 5.69 Å². The second kappa shape index (κ2) is 7.75. The summed E-state index contributed by atoms with van der Waals surface area (Å²) in [7, 11) is 0. The van der Waals surface area contributed by atoms with E-state index in [1.54, 1.807) is 0 Å².